The van der Waals surface area contributed by atoms with E-state index in [0.29, 0.717) is 11.3 Å². The Labute approximate surface area is 164 Å². The monoisotopic (exact) mass is 368 g/mol. The van der Waals surface area contributed by atoms with E-state index in [-0.39, 0.29) is 11.5 Å². The van der Waals surface area contributed by atoms with E-state index in [9.17, 15) is 5.11 Å². The molecule has 7 atom stereocenters. The van der Waals surface area contributed by atoms with Gasteiger partial charge in [0.05, 0.1) is 12.3 Å². The zero-order valence-corrected chi connectivity index (χ0v) is 17.3. The summed E-state index contributed by atoms with van der Waals surface area (Å²) in [6, 6.07) is 0. The Morgan fingerprint density at radius 1 is 1.07 bits per heavy atom. The van der Waals surface area contributed by atoms with E-state index in [0.717, 1.165) is 29.7 Å². The van der Waals surface area contributed by atoms with Gasteiger partial charge in [-0.3, -0.25) is 4.68 Å². The van der Waals surface area contributed by atoms with E-state index in [2.05, 4.69) is 31.2 Å². The number of aromatic nitrogens is 2. The lowest BCUT2D eigenvalue weighted by Gasteiger charge is -2.60. The van der Waals surface area contributed by atoms with Crippen LogP contribution in [0.3, 0.4) is 0 Å². The van der Waals surface area contributed by atoms with Crippen LogP contribution in [0.1, 0.15) is 77.2 Å². The van der Waals surface area contributed by atoms with Gasteiger partial charge in [0, 0.05) is 24.2 Å². The fraction of sp³-hybridized carbons (Fsp3) is 0.792. The topological polar surface area (TPSA) is 38.0 Å². The first-order valence-electron chi connectivity index (χ1n) is 11.3. The minimum Gasteiger partial charge on any atom is -0.388 e. The maximum absolute atomic E-state index is 11.3. The molecule has 0 aromatic carbocycles. The Balaban J connectivity index is 1.45. The first-order valence-corrected chi connectivity index (χ1v) is 11.3. The van der Waals surface area contributed by atoms with Gasteiger partial charge in [-0.1, -0.05) is 32.8 Å². The summed E-state index contributed by atoms with van der Waals surface area (Å²) in [7, 11) is 1.96. The molecule has 1 aromatic heterocycles. The molecule has 4 aliphatic rings. The minimum atomic E-state index is -0.277. The van der Waals surface area contributed by atoms with Crippen molar-refractivity contribution < 1.29 is 5.11 Å². The molecule has 1 aromatic rings. The summed E-state index contributed by atoms with van der Waals surface area (Å²) in [5.41, 5.74) is 3.04. The number of hydrogen-bond acceptors (Lipinski definition) is 2. The molecule has 148 valence electrons. The summed E-state index contributed by atoms with van der Waals surface area (Å²) in [6.07, 6.45) is 18.2. The molecule has 4 saturated carbocycles. The molecular weight excluding hydrogens is 332 g/mol. The van der Waals surface area contributed by atoms with Crippen LogP contribution in [0.25, 0.3) is 6.08 Å². The summed E-state index contributed by atoms with van der Waals surface area (Å²) in [5, 5.41) is 15.6. The molecule has 3 heteroatoms. The normalized spacial score (nSPS) is 48.1. The smallest absolute Gasteiger partial charge is 0.0809 e. The molecule has 0 bridgehead atoms. The van der Waals surface area contributed by atoms with E-state index in [1.54, 1.807) is 0 Å². The molecule has 0 aliphatic heterocycles. The SMILES string of the molecule is Cn1cc(/C=C2/C[C@@H]3[C@H]4CC[C@H]5CCCC[C@]5(C)[C@@H]4CC[C@@]3(C)[C@@H]2O)cn1. The van der Waals surface area contributed by atoms with Gasteiger partial charge in [-0.15, -0.1) is 0 Å². The van der Waals surface area contributed by atoms with Crippen molar-refractivity contribution in [2.24, 2.45) is 41.5 Å². The fourth-order valence-corrected chi connectivity index (χ4v) is 8.02. The second kappa shape index (κ2) is 6.20. The van der Waals surface area contributed by atoms with Crippen LogP contribution in [0.4, 0.5) is 0 Å². The third-order valence-corrected chi connectivity index (χ3v) is 9.53. The van der Waals surface area contributed by atoms with Crippen molar-refractivity contribution >= 4 is 6.08 Å². The van der Waals surface area contributed by atoms with Crippen LogP contribution >= 0.6 is 0 Å². The highest BCUT2D eigenvalue weighted by Crippen LogP contribution is 2.66. The van der Waals surface area contributed by atoms with Crippen molar-refractivity contribution in [1.29, 1.82) is 0 Å². The predicted octanol–water partition coefficient (Wildman–Crippen LogP) is 5.21. The molecular formula is C24H36N2O. The van der Waals surface area contributed by atoms with Crippen LogP contribution in [-0.2, 0) is 7.05 Å². The van der Waals surface area contributed by atoms with Gasteiger partial charge < -0.3 is 5.11 Å². The molecule has 0 spiro atoms. The van der Waals surface area contributed by atoms with Crippen LogP contribution in [0.5, 0.6) is 0 Å². The van der Waals surface area contributed by atoms with Gasteiger partial charge in [0.15, 0.2) is 0 Å². The lowest BCUT2D eigenvalue weighted by Crippen LogP contribution is -2.53. The third kappa shape index (κ3) is 2.60. The van der Waals surface area contributed by atoms with E-state index in [1.807, 2.05) is 17.9 Å². The first kappa shape index (κ1) is 18.0. The van der Waals surface area contributed by atoms with Crippen molar-refractivity contribution in [1.82, 2.24) is 9.78 Å². The van der Waals surface area contributed by atoms with Crippen molar-refractivity contribution in [2.75, 3.05) is 0 Å². The van der Waals surface area contributed by atoms with Gasteiger partial charge >= 0.3 is 0 Å². The zero-order valence-electron chi connectivity index (χ0n) is 17.3. The van der Waals surface area contributed by atoms with Crippen LogP contribution in [0, 0.1) is 34.5 Å². The quantitative estimate of drug-likeness (QED) is 0.739. The number of fused-ring (bicyclic) bond motifs is 5. The Morgan fingerprint density at radius 2 is 1.93 bits per heavy atom. The average Bonchev–Trinajstić information content (AvgIpc) is 3.16. The predicted molar refractivity (Wildman–Crippen MR) is 109 cm³/mol. The number of rotatable bonds is 1. The Morgan fingerprint density at radius 3 is 2.70 bits per heavy atom. The van der Waals surface area contributed by atoms with Crippen molar-refractivity contribution in [3.63, 3.8) is 0 Å². The van der Waals surface area contributed by atoms with E-state index < -0.39 is 0 Å². The Bertz CT molecular complexity index is 751. The second-order valence-corrected chi connectivity index (χ2v) is 10.7. The molecule has 0 saturated heterocycles. The standard InChI is InChI=1S/C24H36N2O/c1-23-10-5-4-6-18(23)7-8-19-20(23)9-11-24(2)21(19)13-17(22(24)27)12-16-14-25-26(3)15-16/h12,14-15,18-22,27H,4-11,13H2,1-3H3/b17-12-/t18-,19+,20-,21-,22-,23+,24-/m1/s1. The number of nitrogens with zero attached hydrogens (tertiary/aromatic N) is 2. The summed E-state index contributed by atoms with van der Waals surface area (Å²) in [6.45, 7) is 5.02. The van der Waals surface area contributed by atoms with Crippen LogP contribution in [0.2, 0.25) is 0 Å². The summed E-state index contributed by atoms with van der Waals surface area (Å²) < 4.78 is 1.85. The van der Waals surface area contributed by atoms with Crippen molar-refractivity contribution in [3.05, 3.63) is 23.5 Å². The lowest BCUT2D eigenvalue weighted by atomic mass is 9.45. The highest BCUT2D eigenvalue weighted by atomic mass is 16.3. The molecule has 27 heavy (non-hydrogen) atoms. The van der Waals surface area contributed by atoms with Crippen LogP contribution < -0.4 is 0 Å². The third-order valence-electron chi connectivity index (χ3n) is 9.53. The Hall–Kier alpha value is -1.09. The molecule has 1 N–H and O–H groups in total. The number of aryl methyl sites for hydroxylation is 1. The Kier molecular flexibility index (Phi) is 4.13. The van der Waals surface area contributed by atoms with Gasteiger partial charge in [0.1, 0.15) is 0 Å². The van der Waals surface area contributed by atoms with Crippen LogP contribution in [0.15, 0.2) is 18.0 Å². The minimum absolute atomic E-state index is 0.0765. The number of aliphatic hydroxyl groups is 1. The van der Waals surface area contributed by atoms with Crippen molar-refractivity contribution in [3.8, 4) is 0 Å². The molecule has 0 radical (unpaired) electrons. The molecule has 1 heterocycles. The van der Waals surface area contributed by atoms with Gasteiger partial charge in [0.25, 0.3) is 0 Å². The molecule has 4 aliphatic carbocycles. The summed E-state index contributed by atoms with van der Waals surface area (Å²) in [4.78, 5) is 0. The fourth-order valence-electron chi connectivity index (χ4n) is 8.02. The summed E-state index contributed by atoms with van der Waals surface area (Å²) in [5.74, 6) is 3.33. The summed E-state index contributed by atoms with van der Waals surface area (Å²) >= 11 is 0. The van der Waals surface area contributed by atoms with Gasteiger partial charge in [-0.05, 0) is 79.6 Å². The zero-order chi connectivity index (χ0) is 18.8. The number of aliphatic hydroxyl groups excluding tert-OH is 1. The highest BCUT2D eigenvalue weighted by molar-refractivity contribution is 5.54. The first-order chi connectivity index (χ1) is 12.9. The van der Waals surface area contributed by atoms with Gasteiger partial charge in [0.2, 0.25) is 0 Å². The van der Waals surface area contributed by atoms with E-state index in [1.165, 1.54) is 56.9 Å². The van der Waals surface area contributed by atoms with E-state index in [4.69, 9.17) is 0 Å². The maximum Gasteiger partial charge on any atom is 0.0809 e. The van der Waals surface area contributed by atoms with Crippen LogP contribution in [-0.4, -0.2) is 21.0 Å². The van der Waals surface area contributed by atoms with Gasteiger partial charge in [-0.2, -0.15) is 5.10 Å². The lowest BCUT2D eigenvalue weighted by molar-refractivity contribution is -0.119. The molecule has 0 amide bonds. The molecule has 4 fully saturated rings. The molecule has 5 rings (SSSR count). The number of hydrogen-bond donors (Lipinski definition) is 1. The molecule has 3 nitrogen and oxygen atoms in total. The highest BCUT2D eigenvalue weighted by Gasteiger charge is 2.60. The average molecular weight is 369 g/mol. The van der Waals surface area contributed by atoms with Gasteiger partial charge in [-0.25, -0.2) is 0 Å². The maximum atomic E-state index is 11.3. The second-order valence-electron chi connectivity index (χ2n) is 10.7. The van der Waals surface area contributed by atoms with E-state index >= 15 is 0 Å². The van der Waals surface area contributed by atoms with Crippen molar-refractivity contribution in [2.45, 2.75) is 77.7 Å². The molecule has 0 unspecified atom stereocenters. The largest absolute Gasteiger partial charge is 0.388 e.